The van der Waals surface area contributed by atoms with Crippen LogP contribution in [-0.4, -0.2) is 24.8 Å². The van der Waals surface area contributed by atoms with Crippen molar-refractivity contribution < 1.29 is 19.1 Å². The van der Waals surface area contributed by atoms with Gasteiger partial charge in [-0.25, -0.2) is 9.59 Å². The molecule has 20 heavy (non-hydrogen) atoms. The summed E-state index contributed by atoms with van der Waals surface area (Å²) in [6, 6.07) is 8.42. The molecule has 0 aliphatic heterocycles. The zero-order chi connectivity index (χ0) is 15.4. The predicted molar refractivity (Wildman–Crippen MR) is 73.7 cm³/mol. The highest BCUT2D eigenvalue weighted by molar-refractivity contribution is 5.86. The van der Waals surface area contributed by atoms with Crippen LogP contribution in [0.3, 0.4) is 0 Å². The molecule has 1 unspecified atom stereocenters. The molecule has 0 spiro atoms. The van der Waals surface area contributed by atoms with E-state index in [0.717, 1.165) is 0 Å². The van der Waals surface area contributed by atoms with Crippen LogP contribution in [0.25, 0.3) is 0 Å². The first-order valence-electron chi connectivity index (χ1n) is 6.13. The molecule has 6 heteroatoms. The van der Waals surface area contributed by atoms with E-state index in [9.17, 15) is 9.59 Å². The van der Waals surface area contributed by atoms with Gasteiger partial charge in [-0.1, -0.05) is 30.3 Å². The van der Waals surface area contributed by atoms with Crippen molar-refractivity contribution in [2.45, 2.75) is 32.0 Å². The van der Waals surface area contributed by atoms with Crippen molar-refractivity contribution in [1.82, 2.24) is 5.32 Å². The monoisotopic (exact) mass is 280 g/mol. The first kappa shape index (κ1) is 16.0. The Morgan fingerprint density at radius 1 is 1.15 bits per heavy atom. The van der Waals surface area contributed by atoms with Crippen LogP contribution < -0.4 is 11.1 Å². The van der Waals surface area contributed by atoms with E-state index in [4.69, 9.17) is 10.5 Å². The molecule has 1 rings (SSSR count). The van der Waals surface area contributed by atoms with Gasteiger partial charge in [-0.2, -0.15) is 0 Å². The number of methoxy groups -OCH3 is 1. The maximum Gasteiger partial charge on any atom is 0.409 e. The minimum Gasteiger partial charge on any atom is -0.466 e. The Bertz CT molecular complexity index is 482. The lowest BCUT2D eigenvalue weighted by Gasteiger charge is -2.29. The Labute approximate surface area is 118 Å². The summed E-state index contributed by atoms with van der Waals surface area (Å²) in [5, 5.41) is 2.36. The molecular formula is C14H20N2O4. The molecule has 1 aromatic carbocycles. The van der Waals surface area contributed by atoms with E-state index in [1.54, 1.807) is 51.1 Å². The van der Waals surface area contributed by atoms with Crippen molar-refractivity contribution in [3.63, 3.8) is 0 Å². The predicted octanol–water partition coefficient (Wildman–Crippen LogP) is 1.50. The van der Waals surface area contributed by atoms with Crippen LogP contribution in [-0.2, 0) is 19.9 Å². The molecule has 6 nitrogen and oxygen atoms in total. The molecule has 0 fully saturated rings. The molecular weight excluding hydrogens is 260 g/mol. The molecule has 1 amide bonds. The van der Waals surface area contributed by atoms with Gasteiger partial charge in [0.15, 0.2) is 0 Å². The number of benzene rings is 1. The van der Waals surface area contributed by atoms with Gasteiger partial charge >= 0.3 is 12.1 Å². The molecule has 0 bridgehead atoms. The van der Waals surface area contributed by atoms with Crippen LogP contribution in [0.1, 0.15) is 26.3 Å². The topological polar surface area (TPSA) is 90.6 Å². The maximum absolute atomic E-state index is 11.9. The van der Waals surface area contributed by atoms with Crippen LogP contribution in [0, 0.1) is 0 Å². The second-order valence-electron chi connectivity index (χ2n) is 5.29. The molecule has 0 saturated heterocycles. The normalized spacial score (nSPS) is 14.1. The van der Waals surface area contributed by atoms with Crippen molar-refractivity contribution in [2.24, 2.45) is 5.73 Å². The highest BCUT2D eigenvalue weighted by Crippen LogP contribution is 2.18. The largest absolute Gasteiger partial charge is 0.466 e. The summed E-state index contributed by atoms with van der Waals surface area (Å²) in [4.78, 5) is 23.8. The highest BCUT2D eigenvalue weighted by atomic mass is 16.6. The third-order valence-corrected chi connectivity index (χ3v) is 2.43. The van der Waals surface area contributed by atoms with E-state index in [2.05, 4.69) is 10.1 Å². The zero-order valence-electron chi connectivity index (χ0n) is 12.1. The summed E-state index contributed by atoms with van der Waals surface area (Å²) in [6.07, 6.45) is -0.797. The fraction of sp³-hybridized carbons (Fsp3) is 0.429. The number of nitrogens with one attached hydrogen (secondary N) is 1. The van der Waals surface area contributed by atoms with Crippen LogP contribution in [0.4, 0.5) is 4.79 Å². The maximum atomic E-state index is 11.9. The SMILES string of the molecule is COC(=O)C(N)(NC(=O)OC(C)(C)C)c1ccccc1. The average molecular weight is 280 g/mol. The first-order valence-corrected chi connectivity index (χ1v) is 6.13. The van der Waals surface area contributed by atoms with E-state index in [1.165, 1.54) is 7.11 Å². The van der Waals surface area contributed by atoms with Gasteiger partial charge in [0.25, 0.3) is 0 Å². The fourth-order valence-electron chi connectivity index (χ4n) is 1.57. The number of esters is 1. The van der Waals surface area contributed by atoms with Gasteiger partial charge in [-0.3, -0.25) is 11.1 Å². The number of hydrogen-bond acceptors (Lipinski definition) is 5. The third-order valence-electron chi connectivity index (χ3n) is 2.43. The van der Waals surface area contributed by atoms with Crippen LogP contribution in [0.2, 0.25) is 0 Å². The van der Waals surface area contributed by atoms with E-state index < -0.39 is 23.3 Å². The number of alkyl carbamates (subject to hydrolysis) is 1. The van der Waals surface area contributed by atoms with Gasteiger partial charge < -0.3 is 9.47 Å². The van der Waals surface area contributed by atoms with Crippen molar-refractivity contribution in [3.8, 4) is 0 Å². The standard InChI is InChI=1S/C14H20N2O4/c1-13(2,3)20-12(18)16-14(15,11(17)19-4)10-8-6-5-7-9-10/h5-9H,15H2,1-4H3,(H,16,18). The van der Waals surface area contributed by atoms with Crippen LogP contribution in [0.15, 0.2) is 30.3 Å². The van der Waals surface area contributed by atoms with Gasteiger partial charge in [0.05, 0.1) is 7.11 Å². The second-order valence-corrected chi connectivity index (χ2v) is 5.29. The molecule has 1 aromatic rings. The smallest absolute Gasteiger partial charge is 0.409 e. The summed E-state index contributed by atoms with van der Waals surface area (Å²) in [7, 11) is 1.20. The number of hydrogen-bond donors (Lipinski definition) is 2. The van der Waals surface area contributed by atoms with Crippen LogP contribution in [0.5, 0.6) is 0 Å². The summed E-state index contributed by atoms with van der Waals surface area (Å²) < 4.78 is 9.78. The van der Waals surface area contributed by atoms with Gasteiger partial charge in [0, 0.05) is 5.56 Å². The summed E-state index contributed by atoms with van der Waals surface area (Å²) in [5.41, 5.74) is 3.92. The zero-order valence-corrected chi connectivity index (χ0v) is 12.1. The molecule has 0 heterocycles. The van der Waals surface area contributed by atoms with E-state index >= 15 is 0 Å². The molecule has 0 aromatic heterocycles. The average Bonchev–Trinajstić information content (AvgIpc) is 2.36. The Morgan fingerprint density at radius 3 is 2.15 bits per heavy atom. The van der Waals surface area contributed by atoms with Crippen molar-refractivity contribution in [2.75, 3.05) is 7.11 Å². The lowest BCUT2D eigenvalue weighted by molar-refractivity contribution is -0.149. The summed E-state index contributed by atoms with van der Waals surface area (Å²) in [6.45, 7) is 5.14. The minimum absolute atomic E-state index is 0.401. The number of amides is 1. The van der Waals surface area contributed by atoms with Gasteiger partial charge in [0.2, 0.25) is 5.66 Å². The van der Waals surface area contributed by atoms with E-state index in [-0.39, 0.29) is 0 Å². The molecule has 0 saturated carbocycles. The Hall–Kier alpha value is -2.08. The quantitative estimate of drug-likeness (QED) is 0.646. The second kappa shape index (κ2) is 5.92. The number of carbonyl (C=O) groups excluding carboxylic acids is 2. The van der Waals surface area contributed by atoms with Gasteiger partial charge in [-0.05, 0) is 20.8 Å². The Kier molecular flexibility index (Phi) is 4.73. The molecule has 110 valence electrons. The Morgan fingerprint density at radius 2 is 1.70 bits per heavy atom. The van der Waals surface area contributed by atoms with Gasteiger partial charge in [0.1, 0.15) is 5.60 Å². The van der Waals surface area contributed by atoms with E-state index in [1.807, 2.05) is 0 Å². The lowest BCUT2D eigenvalue weighted by atomic mass is 10.0. The van der Waals surface area contributed by atoms with Crippen molar-refractivity contribution in [3.05, 3.63) is 35.9 Å². The molecule has 1 atom stereocenters. The Balaban J connectivity index is 3.02. The molecule has 0 aliphatic carbocycles. The molecule has 3 N–H and O–H groups in total. The highest BCUT2D eigenvalue weighted by Gasteiger charge is 2.40. The molecule has 0 aliphatic rings. The summed E-state index contributed by atoms with van der Waals surface area (Å²) in [5.74, 6) is -0.783. The summed E-state index contributed by atoms with van der Waals surface area (Å²) >= 11 is 0. The van der Waals surface area contributed by atoms with Gasteiger partial charge in [-0.15, -0.1) is 0 Å². The van der Waals surface area contributed by atoms with Crippen molar-refractivity contribution in [1.29, 1.82) is 0 Å². The number of rotatable bonds is 3. The minimum atomic E-state index is -1.79. The fourth-order valence-corrected chi connectivity index (χ4v) is 1.57. The number of nitrogens with two attached hydrogens (primary N) is 1. The molecule has 0 radical (unpaired) electrons. The van der Waals surface area contributed by atoms with Crippen molar-refractivity contribution >= 4 is 12.1 Å². The lowest BCUT2D eigenvalue weighted by Crippen LogP contribution is -2.59. The number of ether oxygens (including phenoxy) is 2. The number of carbonyl (C=O) groups is 2. The van der Waals surface area contributed by atoms with E-state index in [0.29, 0.717) is 5.56 Å². The van der Waals surface area contributed by atoms with Crippen LogP contribution >= 0.6 is 0 Å². The first-order chi connectivity index (χ1) is 9.19. The third kappa shape index (κ3) is 3.96.